The number of hydrogen-bond acceptors (Lipinski definition) is 5. The van der Waals surface area contributed by atoms with Crippen LogP contribution in [-0.4, -0.2) is 27.3 Å². The molecule has 0 aliphatic heterocycles. The Hall–Kier alpha value is -2.30. The van der Waals surface area contributed by atoms with E-state index in [2.05, 4.69) is 15.4 Å². The number of benzene rings is 1. The van der Waals surface area contributed by atoms with E-state index in [1.807, 2.05) is 12.9 Å². The Labute approximate surface area is 87.4 Å². The van der Waals surface area contributed by atoms with E-state index in [-0.39, 0.29) is 0 Å². The molecule has 1 aromatic carbocycles. The molecule has 0 saturated heterocycles. The minimum atomic E-state index is 0.322. The van der Waals surface area contributed by atoms with Crippen LogP contribution in [-0.2, 0) is 4.79 Å². The van der Waals surface area contributed by atoms with E-state index in [9.17, 15) is 0 Å². The molecule has 5 nitrogen and oxygen atoms in total. The van der Waals surface area contributed by atoms with Gasteiger partial charge in [-0.05, 0) is 23.4 Å². The summed E-state index contributed by atoms with van der Waals surface area (Å²) in [5.41, 5.74) is 0. The molecule has 0 atom stereocenters. The molecule has 0 aliphatic carbocycles. The number of carbonyl (C=O) groups excluding carboxylic acids is 1. The monoisotopic (exact) mass is 205 g/mol. The minimum Gasteiger partial charge on any atom is -0.508 e. The summed E-state index contributed by atoms with van der Waals surface area (Å²) in [5, 5.41) is 18.8. The molecule has 78 valence electrons. The van der Waals surface area contributed by atoms with Crippen molar-refractivity contribution in [2.24, 2.45) is 0 Å². The van der Waals surface area contributed by atoms with Gasteiger partial charge in [0, 0.05) is 0 Å². The maximum Gasteiger partial charge on any atom is 0.115 e. The third-order valence-corrected chi connectivity index (χ3v) is 1.16. The number of nitrogens with zero attached hydrogens (tertiary/aromatic N) is 3. The molecule has 0 saturated carbocycles. The van der Waals surface area contributed by atoms with E-state index in [1.165, 1.54) is 0 Å². The van der Waals surface area contributed by atoms with E-state index in [4.69, 9.17) is 9.90 Å². The van der Waals surface area contributed by atoms with Crippen molar-refractivity contribution in [1.29, 1.82) is 0 Å². The first kappa shape index (κ1) is 12.7. The molecule has 1 aromatic heterocycles. The summed E-state index contributed by atoms with van der Waals surface area (Å²) in [6.45, 7) is 2.00. The molecule has 0 radical (unpaired) electrons. The standard InChI is InChI=1S/C6H6O.C3H3N3.CH2O/c7-6-4-2-1-3-5-6;1-2-4-6-5-3-1;1-2/h1-5,7H;1-3H;1H2. The van der Waals surface area contributed by atoms with Gasteiger partial charge in [0.05, 0.1) is 12.4 Å². The summed E-state index contributed by atoms with van der Waals surface area (Å²) < 4.78 is 0. The van der Waals surface area contributed by atoms with E-state index in [0.29, 0.717) is 5.75 Å². The summed E-state index contributed by atoms with van der Waals surface area (Å²) in [7, 11) is 0. The third kappa shape index (κ3) is 8.04. The lowest BCUT2D eigenvalue weighted by Crippen LogP contribution is -1.78. The number of para-hydroxylation sites is 1. The van der Waals surface area contributed by atoms with Gasteiger partial charge in [0.15, 0.2) is 0 Å². The lowest BCUT2D eigenvalue weighted by atomic mass is 10.3. The Balaban J connectivity index is 0.000000227. The number of hydrogen-bond donors (Lipinski definition) is 1. The second-order valence-corrected chi connectivity index (χ2v) is 2.15. The Morgan fingerprint density at radius 3 is 1.67 bits per heavy atom. The number of aromatic nitrogens is 3. The van der Waals surface area contributed by atoms with Gasteiger partial charge in [0.1, 0.15) is 12.5 Å². The largest absolute Gasteiger partial charge is 0.508 e. The molecule has 1 N–H and O–H groups in total. The van der Waals surface area contributed by atoms with Crippen molar-refractivity contribution in [3.05, 3.63) is 48.8 Å². The maximum absolute atomic E-state index is 8.63. The van der Waals surface area contributed by atoms with Crippen LogP contribution in [0.3, 0.4) is 0 Å². The number of aromatic hydroxyl groups is 1. The highest BCUT2D eigenvalue weighted by atomic mass is 16.3. The fraction of sp³-hybridized carbons (Fsp3) is 0. The van der Waals surface area contributed by atoms with E-state index >= 15 is 0 Å². The maximum atomic E-state index is 8.63. The van der Waals surface area contributed by atoms with Crippen LogP contribution < -0.4 is 0 Å². The molecule has 2 aromatic rings. The summed E-state index contributed by atoms with van der Waals surface area (Å²) >= 11 is 0. The van der Waals surface area contributed by atoms with Gasteiger partial charge in [-0.2, -0.15) is 0 Å². The highest BCUT2D eigenvalue weighted by Gasteiger charge is 1.74. The van der Waals surface area contributed by atoms with Gasteiger partial charge >= 0.3 is 0 Å². The van der Waals surface area contributed by atoms with Crippen molar-refractivity contribution in [3.8, 4) is 5.75 Å². The predicted octanol–water partition coefficient (Wildman–Crippen LogP) is 1.08. The molecule has 15 heavy (non-hydrogen) atoms. The van der Waals surface area contributed by atoms with Gasteiger partial charge in [-0.15, -0.1) is 10.2 Å². The van der Waals surface area contributed by atoms with Crippen molar-refractivity contribution in [2.45, 2.75) is 0 Å². The summed E-state index contributed by atoms with van der Waals surface area (Å²) in [5.74, 6) is 0.322. The lowest BCUT2D eigenvalue weighted by Gasteiger charge is -1.82. The lowest BCUT2D eigenvalue weighted by molar-refractivity contribution is -0.0979. The highest BCUT2D eigenvalue weighted by Crippen LogP contribution is 2.02. The SMILES string of the molecule is C=O.Oc1ccccc1.c1cnnnc1. The van der Waals surface area contributed by atoms with E-state index in [0.717, 1.165) is 0 Å². The molecule has 0 aliphatic rings. The van der Waals surface area contributed by atoms with Gasteiger partial charge in [-0.1, -0.05) is 18.2 Å². The summed E-state index contributed by atoms with van der Waals surface area (Å²) in [4.78, 5) is 8.00. The van der Waals surface area contributed by atoms with Crippen molar-refractivity contribution >= 4 is 6.79 Å². The highest BCUT2D eigenvalue weighted by molar-refractivity contribution is 5.18. The Morgan fingerprint density at radius 2 is 1.47 bits per heavy atom. The molecular formula is C10H11N3O2. The second-order valence-electron chi connectivity index (χ2n) is 2.15. The summed E-state index contributed by atoms with van der Waals surface area (Å²) in [6.07, 6.45) is 3.15. The number of phenols is 1. The van der Waals surface area contributed by atoms with Gasteiger partial charge in [-0.25, -0.2) is 0 Å². The average Bonchev–Trinajstić information content (AvgIpc) is 2.36. The van der Waals surface area contributed by atoms with Crippen LogP contribution in [0.4, 0.5) is 0 Å². The van der Waals surface area contributed by atoms with Gasteiger partial charge in [-0.3, -0.25) is 0 Å². The topological polar surface area (TPSA) is 76.0 Å². The van der Waals surface area contributed by atoms with Crippen molar-refractivity contribution in [2.75, 3.05) is 0 Å². The molecule has 0 bridgehead atoms. The molecular weight excluding hydrogens is 194 g/mol. The minimum absolute atomic E-state index is 0.322. The zero-order valence-electron chi connectivity index (χ0n) is 8.02. The molecule has 0 amide bonds. The van der Waals surface area contributed by atoms with E-state index in [1.54, 1.807) is 42.7 Å². The number of rotatable bonds is 0. The van der Waals surface area contributed by atoms with Crippen molar-refractivity contribution in [1.82, 2.24) is 15.4 Å². The van der Waals surface area contributed by atoms with E-state index < -0.39 is 0 Å². The van der Waals surface area contributed by atoms with Crippen LogP contribution in [0.1, 0.15) is 0 Å². The van der Waals surface area contributed by atoms with Gasteiger partial charge in [0.25, 0.3) is 0 Å². The fourth-order valence-electron chi connectivity index (χ4n) is 0.633. The quantitative estimate of drug-likeness (QED) is 0.696. The van der Waals surface area contributed by atoms with Crippen LogP contribution >= 0.6 is 0 Å². The van der Waals surface area contributed by atoms with Crippen LogP contribution in [0.5, 0.6) is 5.75 Å². The third-order valence-electron chi connectivity index (χ3n) is 1.16. The number of carbonyl (C=O) groups is 1. The van der Waals surface area contributed by atoms with Crippen molar-refractivity contribution < 1.29 is 9.90 Å². The average molecular weight is 205 g/mol. The zero-order valence-corrected chi connectivity index (χ0v) is 8.02. The summed E-state index contributed by atoms with van der Waals surface area (Å²) in [6, 6.07) is 10.4. The van der Waals surface area contributed by atoms with Gasteiger partial charge < -0.3 is 9.90 Å². The molecule has 0 unspecified atom stereocenters. The first-order chi connectivity index (χ1) is 7.39. The normalized spacial score (nSPS) is 7.47. The molecule has 0 fully saturated rings. The van der Waals surface area contributed by atoms with Crippen LogP contribution in [0.2, 0.25) is 0 Å². The smallest absolute Gasteiger partial charge is 0.115 e. The molecule has 0 spiro atoms. The van der Waals surface area contributed by atoms with Crippen LogP contribution in [0, 0.1) is 0 Å². The predicted molar refractivity (Wildman–Crippen MR) is 55.1 cm³/mol. The Morgan fingerprint density at radius 1 is 0.933 bits per heavy atom. The molecule has 2 rings (SSSR count). The zero-order chi connectivity index (χ0) is 11.4. The Kier molecular flexibility index (Phi) is 8.29. The van der Waals surface area contributed by atoms with Crippen LogP contribution in [0.15, 0.2) is 48.8 Å². The van der Waals surface area contributed by atoms with Crippen LogP contribution in [0.25, 0.3) is 0 Å². The van der Waals surface area contributed by atoms with Crippen molar-refractivity contribution in [3.63, 3.8) is 0 Å². The molecule has 5 heteroatoms. The second kappa shape index (κ2) is 9.79. The number of phenolic OH excluding ortho intramolecular Hbond substituents is 1. The molecule has 1 heterocycles. The first-order valence-electron chi connectivity index (χ1n) is 4.01. The van der Waals surface area contributed by atoms with Gasteiger partial charge in [0.2, 0.25) is 0 Å². The Bertz CT molecular complexity index is 302. The first-order valence-corrected chi connectivity index (χ1v) is 4.01. The fourth-order valence-corrected chi connectivity index (χ4v) is 0.633.